The highest BCUT2D eigenvalue weighted by molar-refractivity contribution is 5.77. The molecule has 0 spiro atoms. The monoisotopic (exact) mass is 213 g/mol. The zero-order valence-electron chi connectivity index (χ0n) is 10.1. The molecule has 0 amide bonds. The Hall–Kier alpha value is -0.570. The lowest BCUT2D eigenvalue weighted by molar-refractivity contribution is -0.150. The molecule has 1 aliphatic rings. The summed E-state index contributed by atoms with van der Waals surface area (Å²) in [5, 5.41) is 3.26. The van der Waals surface area contributed by atoms with E-state index >= 15 is 0 Å². The molecule has 1 saturated heterocycles. The summed E-state index contributed by atoms with van der Waals surface area (Å²) in [6, 6.07) is -0.122. The van der Waals surface area contributed by atoms with Crippen LogP contribution in [0.15, 0.2) is 0 Å². The smallest absolute Gasteiger partial charge is 0.323 e. The van der Waals surface area contributed by atoms with Crippen molar-refractivity contribution >= 4 is 5.97 Å². The van der Waals surface area contributed by atoms with E-state index in [0.717, 1.165) is 32.2 Å². The van der Waals surface area contributed by atoms with Gasteiger partial charge in [0.2, 0.25) is 0 Å². The molecule has 1 unspecified atom stereocenters. The van der Waals surface area contributed by atoms with Gasteiger partial charge in [-0.25, -0.2) is 0 Å². The molecule has 0 saturated carbocycles. The number of ether oxygens (including phenoxy) is 1. The van der Waals surface area contributed by atoms with Crippen molar-refractivity contribution in [2.45, 2.75) is 52.5 Å². The van der Waals surface area contributed by atoms with E-state index in [0.29, 0.717) is 6.61 Å². The maximum atomic E-state index is 11.8. The quantitative estimate of drug-likeness (QED) is 0.574. The zero-order chi connectivity index (χ0) is 11.3. The van der Waals surface area contributed by atoms with Crippen molar-refractivity contribution in [1.29, 1.82) is 0 Å². The summed E-state index contributed by atoms with van der Waals surface area (Å²) in [6.07, 6.45) is 4.26. The van der Waals surface area contributed by atoms with E-state index in [4.69, 9.17) is 4.74 Å². The third-order valence-electron chi connectivity index (χ3n) is 3.11. The van der Waals surface area contributed by atoms with Crippen molar-refractivity contribution in [3.8, 4) is 0 Å². The van der Waals surface area contributed by atoms with Crippen molar-refractivity contribution in [2.75, 3.05) is 13.2 Å². The van der Waals surface area contributed by atoms with Crippen LogP contribution >= 0.6 is 0 Å². The van der Waals surface area contributed by atoms with Crippen LogP contribution in [0.25, 0.3) is 0 Å². The van der Waals surface area contributed by atoms with Gasteiger partial charge in [0.05, 0.1) is 6.61 Å². The molecule has 0 aromatic carbocycles. The van der Waals surface area contributed by atoms with Crippen LogP contribution < -0.4 is 5.32 Å². The summed E-state index contributed by atoms with van der Waals surface area (Å²) in [4.78, 5) is 11.8. The van der Waals surface area contributed by atoms with Crippen LogP contribution in [0.3, 0.4) is 0 Å². The first-order valence-electron chi connectivity index (χ1n) is 5.98. The fraction of sp³-hybridized carbons (Fsp3) is 0.917. The highest BCUT2D eigenvalue weighted by atomic mass is 16.5. The third kappa shape index (κ3) is 3.49. The molecule has 15 heavy (non-hydrogen) atoms. The van der Waals surface area contributed by atoms with Gasteiger partial charge in [-0.1, -0.05) is 27.2 Å². The molecule has 1 fully saturated rings. The van der Waals surface area contributed by atoms with Crippen molar-refractivity contribution in [1.82, 2.24) is 5.32 Å². The minimum Gasteiger partial charge on any atom is -0.465 e. The number of rotatable bonds is 4. The Morgan fingerprint density at radius 2 is 2.27 bits per heavy atom. The Balaban J connectivity index is 2.42. The average Bonchev–Trinajstić information content (AvgIpc) is 2.17. The second-order valence-electron chi connectivity index (χ2n) is 5.00. The van der Waals surface area contributed by atoms with E-state index in [1.165, 1.54) is 0 Å². The lowest BCUT2D eigenvalue weighted by Crippen LogP contribution is -2.52. The highest BCUT2D eigenvalue weighted by Gasteiger charge is 2.37. The van der Waals surface area contributed by atoms with E-state index < -0.39 is 0 Å². The van der Waals surface area contributed by atoms with Gasteiger partial charge in [-0.2, -0.15) is 0 Å². The largest absolute Gasteiger partial charge is 0.465 e. The number of unbranched alkanes of at least 4 members (excludes halogenated alkanes) is 1. The molecule has 0 radical (unpaired) electrons. The molecule has 88 valence electrons. The number of hydrogen-bond acceptors (Lipinski definition) is 3. The van der Waals surface area contributed by atoms with Crippen molar-refractivity contribution < 1.29 is 9.53 Å². The van der Waals surface area contributed by atoms with Gasteiger partial charge in [-0.3, -0.25) is 4.79 Å². The molecule has 3 nitrogen and oxygen atoms in total. The van der Waals surface area contributed by atoms with E-state index in [9.17, 15) is 4.79 Å². The zero-order valence-corrected chi connectivity index (χ0v) is 10.1. The minimum absolute atomic E-state index is 0.0293. The number of carbonyl (C=O) groups is 1. The number of piperidine rings is 1. The first-order valence-corrected chi connectivity index (χ1v) is 5.98. The number of hydrogen-bond donors (Lipinski definition) is 1. The molecule has 1 aliphatic heterocycles. The van der Waals surface area contributed by atoms with E-state index in [1.807, 2.05) is 0 Å². The summed E-state index contributed by atoms with van der Waals surface area (Å²) in [7, 11) is 0. The average molecular weight is 213 g/mol. The van der Waals surface area contributed by atoms with Gasteiger partial charge in [0.1, 0.15) is 6.04 Å². The maximum Gasteiger partial charge on any atom is 0.323 e. The van der Waals surface area contributed by atoms with Crippen LogP contribution in [0.2, 0.25) is 0 Å². The Morgan fingerprint density at radius 3 is 2.87 bits per heavy atom. The number of esters is 1. The summed E-state index contributed by atoms with van der Waals surface area (Å²) < 4.78 is 5.26. The SMILES string of the molecule is CCCCOC(=O)C1NCCCC1(C)C. The molecule has 1 rings (SSSR count). The van der Waals surface area contributed by atoms with Gasteiger partial charge in [-0.05, 0) is 31.2 Å². The van der Waals surface area contributed by atoms with Crippen LogP contribution in [0.5, 0.6) is 0 Å². The summed E-state index contributed by atoms with van der Waals surface area (Å²) in [6.45, 7) is 7.84. The molecule has 0 aliphatic carbocycles. The normalized spacial score (nSPS) is 24.9. The van der Waals surface area contributed by atoms with Crippen LogP contribution in [-0.4, -0.2) is 25.2 Å². The molecule has 0 aromatic heterocycles. The highest BCUT2D eigenvalue weighted by Crippen LogP contribution is 2.30. The van der Waals surface area contributed by atoms with Gasteiger partial charge in [0, 0.05) is 0 Å². The maximum absolute atomic E-state index is 11.8. The van der Waals surface area contributed by atoms with E-state index in [2.05, 4.69) is 26.1 Å². The molecular weight excluding hydrogens is 190 g/mol. The first-order chi connectivity index (χ1) is 7.08. The Labute approximate surface area is 92.6 Å². The molecule has 1 heterocycles. The first kappa shape index (κ1) is 12.5. The van der Waals surface area contributed by atoms with Gasteiger partial charge in [0.15, 0.2) is 0 Å². The van der Waals surface area contributed by atoms with Gasteiger partial charge in [-0.15, -0.1) is 0 Å². The molecule has 0 aromatic rings. The topological polar surface area (TPSA) is 38.3 Å². The molecule has 3 heteroatoms. The lowest BCUT2D eigenvalue weighted by Gasteiger charge is -2.37. The molecular formula is C12H23NO2. The Kier molecular flexibility index (Phi) is 4.58. The van der Waals surface area contributed by atoms with Crippen molar-refractivity contribution in [2.24, 2.45) is 5.41 Å². The van der Waals surface area contributed by atoms with Crippen LogP contribution in [-0.2, 0) is 9.53 Å². The predicted molar refractivity (Wildman–Crippen MR) is 60.7 cm³/mol. The second kappa shape index (κ2) is 5.50. The Morgan fingerprint density at radius 1 is 1.53 bits per heavy atom. The lowest BCUT2D eigenvalue weighted by atomic mass is 9.77. The van der Waals surface area contributed by atoms with Crippen LogP contribution in [0.4, 0.5) is 0 Å². The fourth-order valence-corrected chi connectivity index (χ4v) is 2.01. The number of nitrogens with one attached hydrogen (secondary N) is 1. The second-order valence-corrected chi connectivity index (χ2v) is 5.00. The predicted octanol–water partition coefficient (Wildman–Crippen LogP) is 2.11. The molecule has 1 N–H and O–H groups in total. The third-order valence-corrected chi connectivity index (χ3v) is 3.11. The van der Waals surface area contributed by atoms with Gasteiger partial charge >= 0.3 is 5.97 Å². The van der Waals surface area contributed by atoms with E-state index in [1.54, 1.807) is 0 Å². The van der Waals surface area contributed by atoms with Gasteiger partial charge in [0.25, 0.3) is 0 Å². The Bertz CT molecular complexity index is 214. The summed E-state index contributed by atoms with van der Waals surface area (Å²) in [5.74, 6) is -0.0758. The molecule has 1 atom stereocenters. The van der Waals surface area contributed by atoms with Crippen molar-refractivity contribution in [3.05, 3.63) is 0 Å². The standard InChI is InChI=1S/C12H23NO2/c1-4-5-9-15-11(14)10-12(2,3)7-6-8-13-10/h10,13H,4-9H2,1-3H3. The minimum atomic E-state index is -0.122. The molecule has 0 bridgehead atoms. The van der Waals surface area contributed by atoms with Gasteiger partial charge < -0.3 is 10.1 Å². The van der Waals surface area contributed by atoms with E-state index in [-0.39, 0.29) is 17.4 Å². The fourth-order valence-electron chi connectivity index (χ4n) is 2.01. The van der Waals surface area contributed by atoms with Crippen molar-refractivity contribution in [3.63, 3.8) is 0 Å². The number of carbonyl (C=O) groups excluding carboxylic acids is 1. The van der Waals surface area contributed by atoms with Crippen LogP contribution in [0.1, 0.15) is 46.5 Å². The summed E-state index contributed by atoms with van der Waals surface area (Å²) in [5.41, 5.74) is 0.0293. The van der Waals surface area contributed by atoms with Crippen LogP contribution in [0, 0.1) is 5.41 Å². The summed E-state index contributed by atoms with van der Waals surface area (Å²) >= 11 is 0.